The van der Waals surface area contributed by atoms with E-state index in [0.717, 1.165) is 31.0 Å². The fourth-order valence-corrected chi connectivity index (χ4v) is 4.09. The molecule has 0 amide bonds. The van der Waals surface area contributed by atoms with E-state index >= 15 is 0 Å². The van der Waals surface area contributed by atoms with Crippen molar-refractivity contribution >= 4 is 57.6 Å². The van der Waals surface area contributed by atoms with Crippen molar-refractivity contribution in [2.75, 3.05) is 30.3 Å². The van der Waals surface area contributed by atoms with Crippen molar-refractivity contribution in [2.45, 2.75) is 26.8 Å². The molecule has 1 aliphatic rings. The van der Waals surface area contributed by atoms with Crippen LogP contribution in [0, 0.1) is 0 Å². The molecule has 0 bridgehead atoms. The molecule has 0 aliphatic carbocycles. The molecule has 0 radical (unpaired) electrons. The van der Waals surface area contributed by atoms with E-state index in [1.54, 1.807) is 38.1 Å². The molecule has 0 saturated carbocycles. The molecule has 2 aromatic carbocycles. The molecule has 2 aromatic rings. The number of nitrogens with one attached hydrogen (secondary N) is 2. The van der Waals surface area contributed by atoms with Crippen molar-refractivity contribution in [1.82, 2.24) is 9.80 Å². The van der Waals surface area contributed by atoms with Crippen LogP contribution in [0.15, 0.2) is 48.5 Å². The monoisotopic (exact) mass is 454 g/mol. The lowest BCUT2D eigenvalue weighted by molar-refractivity contribution is 0.100. The summed E-state index contributed by atoms with van der Waals surface area (Å²) < 4.78 is 0. The first-order valence-corrected chi connectivity index (χ1v) is 10.9. The Morgan fingerprint density at radius 3 is 1.68 bits per heavy atom. The molecule has 1 atom stereocenters. The largest absolute Gasteiger partial charge is 0.345 e. The molecule has 0 spiro atoms. The standard InChI is InChI=1S/C23H26N4O2S2/c1-15-14-26(22(30)24-20-8-4-18(5-9-20)16(2)28)12-13-27(15)23(31)25-21-10-6-19(7-11-21)17(3)29/h4-11,15H,12-14H2,1-3H3,(H,24,30)(H,25,31)/t15-/m0/s1. The van der Waals surface area contributed by atoms with E-state index in [0.29, 0.717) is 21.4 Å². The summed E-state index contributed by atoms with van der Waals surface area (Å²) in [4.78, 5) is 27.1. The predicted molar refractivity (Wildman–Crippen MR) is 133 cm³/mol. The van der Waals surface area contributed by atoms with E-state index in [4.69, 9.17) is 24.4 Å². The zero-order chi connectivity index (χ0) is 22.5. The Bertz CT molecular complexity index is 990. The molecule has 3 rings (SSSR count). The minimum absolute atomic E-state index is 0.0400. The number of thiocarbonyl (C=S) groups is 2. The maximum Gasteiger partial charge on any atom is 0.173 e. The summed E-state index contributed by atoms with van der Waals surface area (Å²) in [7, 11) is 0. The van der Waals surface area contributed by atoms with Crippen LogP contribution in [0.4, 0.5) is 11.4 Å². The van der Waals surface area contributed by atoms with E-state index in [-0.39, 0.29) is 17.6 Å². The van der Waals surface area contributed by atoms with E-state index in [9.17, 15) is 9.59 Å². The Balaban J connectivity index is 1.54. The first kappa shape index (κ1) is 22.8. The Morgan fingerprint density at radius 2 is 1.26 bits per heavy atom. The third kappa shape index (κ3) is 5.86. The maximum absolute atomic E-state index is 11.4. The van der Waals surface area contributed by atoms with E-state index in [1.807, 2.05) is 24.3 Å². The van der Waals surface area contributed by atoms with Gasteiger partial charge >= 0.3 is 0 Å². The Hall–Kier alpha value is -2.84. The third-order valence-electron chi connectivity index (χ3n) is 5.26. The predicted octanol–water partition coefficient (Wildman–Crippen LogP) is 4.19. The van der Waals surface area contributed by atoms with Gasteiger partial charge in [-0.1, -0.05) is 0 Å². The summed E-state index contributed by atoms with van der Waals surface area (Å²) >= 11 is 11.2. The van der Waals surface area contributed by atoms with Crippen molar-refractivity contribution < 1.29 is 9.59 Å². The molecule has 31 heavy (non-hydrogen) atoms. The smallest absolute Gasteiger partial charge is 0.173 e. The molecule has 1 heterocycles. The second kappa shape index (κ2) is 9.98. The van der Waals surface area contributed by atoms with Gasteiger partial charge in [-0.15, -0.1) is 0 Å². The first-order chi connectivity index (χ1) is 14.7. The van der Waals surface area contributed by atoms with Crippen LogP contribution in [0.25, 0.3) is 0 Å². The molecule has 1 saturated heterocycles. The van der Waals surface area contributed by atoms with Crippen LogP contribution in [0.1, 0.15) is 41.5 Å². The lowest BCUT2D eigenvalue weighted by Crippen LogP contribution is -2.57. The number of piperazine rings is 1. The second-order valence-corrected chi connectivity index (χ2v) is 8.39. The zero-order valence-electron chi connectivity index (χ0n) is 17.8. The van der Waals surface area contributed by atoms with Gasteiger partial charge in [-0.2, -0.15) is 0 Å². The van der Waals surface area contributed by atoms with E-state index < -0.39 is 0 Å². The third-order valence-corrected chi connectivity index (χ3v) is 5.96. The first-order valence-electron chi connectivity index (χ1n) is 10.1. The number of rotatable bonds is 4. The average Bonchev–Trinajstić information content (AvgIpc) is 2.74. The number of carbonyl (C=O) groups excluding carboxylic acids is 2. The topological polar surface area (TPSA) is 64.7 Å². The molecule has 1 aliphatic heterocycles. The molecular weight excluding hydrogens is 428 g/mol. The summed E-state index contributed by atoms with van der Waals surface area (Å²) in [5.41, 5.74) is 3.07. The van der Waals surface area contributed by atoms with Gasteiger partial charge in [0.2, 0.25) is 0 Å². The molecule has 162 valence electrons. The van der Waals surface area contributed by atoms with Crippen LogP contribution in [-0.4, -0.2) is 57.3 Å². The average molecular weight is 455 g/mol. The summed E-state index contributed by atoms with van der Waals surface area (Å²) in [6, 6.07) is 14.8. The summed E-state index contributed by atoms with van der Waals surface area (Å²) in [6.45, 7) is 7.44. The van der Waals surface area contributed by atoms with Crippen LogP contribution < -0.4 is 10.6 Å². The number of ketones is 2. The Kier molecular flexibility index (Phi) is 7.35. The number of benzene rings is 2. The molecule has 0 unspecified atom stereocenters. The highest BCUT2D eigenvalue weighted by Gasteiger charge is 2.27. The van der Waals surface area contributed by atoms with Crippen LogP contribution in [0.2, 0.25) is 0 Å². The van der Waals surface area contributed by atoms with Crippen LogP contribution in [0.3, 0.4) is 0 Å². The van der Waals surface area contributed by atoms with Gasteiger partial charge in [-0.05, 0) is 93.7 Å². The second-order valence-electron chi connectivity index (χ2n) is 7.62. The summed E-state index contributed by atoms with van der Waals surface area (Å²) in [6.07, 6.45) is 0. The van der Waals surface area contributed by atoms with Gasteiger partial charge in [0.05, 0.1) is 0 Å². The normalized spacial score (nSPS) is 15.9. The van der Waals surface area contributed by atoms with Crippen molar-refractivity contribution in [3.63, 3.8) is 0 Å². The van der Waals surface area contributed by atoms with Gasteiger partial charge in [0.1, 0.15) is 0 Å². The number of hydrogen-bond acceptors (Lipinski definition) is 4. The molecule has 6 nitrogen and oxygen atoms in total. The quantitative estimate of drug-likeness (QED) is 0.527. The van der Waals surface area contributed by atoms with Gasteiger partial charge < -0.3 is 20.4 Å². The SMILES string of the molecule is CC(=O)c1ccc(NC(=S)N2CCN(C(=S)Nc3ccc(C(C)=O)cc3)[C@@H](C)C2)cc1. The molecule has 8 heteroatoms. The fourth-order valence-electron chi connectivity index (χ4n) is 3.42. The van der Waals surface area contributed by atoms with Gasteiger partial charge in [0.15, 0.2) is 21.8 Å². The van der Waals surface area contributed by atoms with Crippen molar-refractivity contribution in [2.24, 2.45) is 0 Å². The number of carbonyl (C=O) groups is 2. The van der Waals surface area contributed by atoms with Crippen LogP contribution >= 0.6 is 24.4 Å². The fraction of sp³-hybridized carbons (Fsp3) is 0.304. The number of hydrogen-bond donors (Lipinski definition) is 2. The molecular formula is C23H26N4O2S2. The van der Waals surface area contributed by atoms with Gasteiger partial charge in [-0.25, -0.2) is 0 Å². The number of nitrogens with zero attached hydrogens (tertiary/aromatic N) is 2. The van der Waals surface area contributed by atoms with Crippen LogP contribution in [-0.2, 0) is 0 Å². The molecule has 2 N–H and O–H groups in total. The van der Waals surface area contributed by atoms with Crippen molar-refractivity contribution in [1.29, 1.82) is 0 Å². The summed E-state index contributed by atoms with van der Waals surface area (Å²) in [5, 5.41) is 7.81. The molecule has 1 fully saturated rings. The van der Waals surface area contributed by atoms with Gasteiger partial charge in [0, 0.05) is 48.2 Å². The van der Waals surface area contributed by atoms with Crippen molar-refractivity contribution in [3.05, 3.63) is 59.7 Å². The number of Topliss-reactive ketones (excluding diaryl/α,β-unsaturated/α-hetero) is 2. The highest BCUT2D eigenvalue weighted by atomic mass is 32.1. The minimum Gasteiger partial charge on any atom is -0.345 e. The summed E-state index contributed by atoms with van der Waals surface area (Å²) in [5.74, 6) is 0.0803. The van der Waals surface area contributed by atoms with E-state index in [2.05, 4.69) is 27.4 Å². The minimum atomic E-state index is 0.0400. The van der Waals surface area contributed by atoms with Gasteiger partial charge in [-0.3, -0.25) is 9.59 Å². The maximum atomic E-state index is 11.4. The zero-order valence-corrected chi connectivity index (χ0v) is 19.5. The molecule has 0 aromatic heterocycles. The lowest BCUT2D eigenvalue weighted by atomic mass is 10.1. The lowest BCUT2D eigenvalue weighted by Gasteiger charge is -2.42. The Labute approximate surface area is 193 Å². The van der Waals surface area contributed by atoms with Crippen molar-refractivity contribution in [3.8, 4) is 0 Å². The Morgan fingerprint density at radius 1 is 0.806 bits per heavy atom. The highest BCUT2D eigenvalue weighted by molar-refractivity contribution is 7.80. The van der Waals surface area contributed by atoms with E-state index in [1.165, 1.54) is 0 Å². The van der Waals surface area contributed by atoms with Crippen LogP contribution in [0.5, 0.6) is 0 Å². The highest BCUT2D eigenvalue weighted by Crippen LogP contribution is 2.17. The number of anilines is 2. The van der Waals surface area contributed by atoms with Gasteiger partial charge in [0.25, 0.3) is 0 Å².